The van der Waals surface area contributed by atoms with Crippen molar-refractivity contribution in [2.75, 3.05) is 0 Å². The molecule has 0 atom stereocenters. The maximum Gasteiger partial charge on any atom is 0.329 e. The van der Waals surface area contributed by atoms with Gasteiger partial charge in [0.25, 0.3) is 0 Å². The minimum Gasteiger partial charge on any atom is -0.447 e. The second kappa shape index (κ2) is 5.85. The maximum absolute atomic E-state index is 13.6. The highest BCUT2D eigenvalue weighted by Gasteiger charge is 2.23. The summed E-state index contributed by atoms with van der Waals surface area (Å²) in [6, 6.07) is 7.42. The van der Waals surface area contributed by atoms with Crippen LogP contribution in [0.1, 0.15) is 5.56 Å². The molecule has 2 aromatic rings. The van der Waals surface area contributed by atoms with Crippen LogP contribution >= 0.6 is 15.9 Å². The third kappa shape index (κ3) is 2.98. The zero-order chi connectivity index (χ0) is 15.6. The fraction of sp³-hybridized carbons (Fsp3) is 0. The lowest BCUT2D eigenvalue weighted by Gasteiger charge is -2.08. The molecule has 0 amide bonds. The average molecular weight is 355 g/mol. The molecular formula is C13H5BrF2N2O3. The van der Waals surface area contributed by atoms with Gasteiger partial charge in [0.2, 0.25) is 11.6 Å². The van der Waals surface area contributed by atoms with Crippen molar-refractivity contribution in [2.45, 2.75) is 0 Å². The van der Waals surface area contributed by atoms with Gasteiger partial charge in [-0.25, -0.2) is 4.39 Å². The van der Waals surface area contributed by atoms with E-state index in [1.165, 1.54) is 18.2 Å². The molecule has 0 saturated carbocycles. The molecule has 0 aliphatic heterocycles. The van der Waals surface area contributed by atoms with Crippen LogP contribution in [0.2, 0.25) is 0 Å². The number of halogens is 3. The van der Waals surface area contributed by atoms with E-state index >= 15 is 0 Å². The van der Waals surface area contributed by atoms with E-state index in [9.17, 15) is 18.9 Å². The van der Waals surface area contributed by atoms with Gasteiger partial charge in [-0.1, -0.05) is 22.0 Å². The molecule has 0 aliphatic rings. The van der Waals surface area contributed by atoms with Gasteiger partial charge in [0.05, 0.1) is 4.92 Å². The number of benzene rings is 2. The monoisotopic (exact) mass is 354 g/mol. The van der Waals surface area contributed by atoms with Gasteiger partial charge in [0.15, 0.2) is 11.6 Å². The van der Waals surface area contributed by atoms with Crippen molar-refractivity contribution in [3.8, 4) is 17.6 Å². The van der Waals surface area contributed by atoms with E-state index in [0.29, 0.717) is 0 Å². The first-order valence-corrected chi connectivity index (χ1v) is 6.23. The largest absolute Gasteiger partial charge is 0.447 e. The molecule has 2 aromatic carbocycles. The van der Waals surface area contributed by atoms with Gasteiger partial charge in [-0.3, -0.25) is 10.1 Å². The van der Waals surface area contributed by atoms with Crippen molar-refractivity contribution in [3.05, 3.63) is 62.1 Å². The van der Waals surface area contributed by atoms with E-state index < -0.39 is 28.0 Å². The molecule has 0 saturated heterocycles. The van der Waals surface area contributed by atoms with Gasteiger partial charge in [0, 0.05) is 4.47 Å². The molecule has 0 spiro atoms. The molecule has 0 aliphatic carbocycles. The zero-order valence-corrected chi connectivity index (χ0v) is 11.7. The molecule has 5 nitrogen and oxygen atoms in total. The highest BCUT2D eigenvalue weighted by molar-refractivity contribution is 9.10. The minimum atomic E-state index is -1.28. The Morgan fingerprint density at radius 2 is 2.00 bits per heavy atom. The van der Waals surface area contributed by atoms with E-state index in [1.54, 1.807) is 6.07 Å². The van der Waals surface area contributed by atoms with Crippen molar-refractivity contribution >= 4 is 21.6 Å². The van der Waals surface area contributed by atoms with Gasteiger partial charge in [-0.15, -0.1) is 0 Å². The normalized spacial score (nSPS) is 10.0. The molecule has 0 radical (unpaired) electrons. The first kappa shape index (κ1) is 14.9. The molecule has 0 aromatic heterocycles. The zero-order valence-electron chi connectivity index (χ0n) is 10.1. The number of hydrogen-bond acceptors (Lipinski definition) is 4. The van der Waals surface area contributed by atoms with Crippen molar-refractivity contribution in [1.82, 2.24) is 0 Å². The second-order valence-electron chi connectivity index (χ2n) is 3.82. The van der Waals surface area contributed by atoms with Gasteiger partial charge < -0.3 is 4.74 Å². The van der Waals surface area contributed by atoms with Gasteiger partial charge >= 0.3 is 5.69 Å². The van der Waals surface area contributed by atoms with E-state index in [2.05, 4.69) is 15.9 Å². The summed E-state index contributed by atoms with van der Waals surface area (Å²) in [5.41, 5.74) is -0.854. The molecule has 8 heteroatoms. The Labute approximate surface area is 125 Å². The summed E-state index contributed by atoms with van der Waals surface area (Å²) in [4.78, 5) is 10.2. The number of para-hydroxylation sites is 1. The predicted octanol–water partition coefficient (Wildman–Crippen LogP) is 4.30. The Morgan fingerprint density at radius 3 is 2.62 bits per heavy atom. The maximum atomic E-state index is 13.6. The third-order valence-electron chi connectivity index (χ3n) is 2.48. The van der Waals surface area contributed by atoms with Crippen LogP contribution in [-0.4, -0.2) is 4.92 Å². The summed E-state index contributed by atoms with van der Waals surface area (Å²) in [6.45, 7) is 0. The van der Waals surface area contributed by atoms with Gasteiger partial charge in [-0.05, 0) is 24.3 Å². The highest BCUT2D eigenvalue weighted by Crippen LogP contribution is 2.36. The molecule has 0 N–H and O–H groups in total. The molecule has 0 bridgehead atoms. The molecule has 0 heterocycles. The van der Waals surface area contributed by atoms with E-state index in [1.807, 2.05) is 0 Å². The van der Waals surface area contributed by atoms with Gasteiger partial charge in [0.1, 0.15) is 11.6 Å². The predicted molar refractivity (Wildman–Crippen MR) is 71.9 cm³/mol. The standard InChI is InChI=1S/C13H5BrF2N2O3/c14-8-4-9(15)12(16)11(5-8)21-10-3-1-2-7(6-17)13(10)18(19)20/h1-5H. The Hall–Kier alpha value is -2.53. The van der Waals surface area contributed by atoms with Crippen LogP contribution < -0.4 is 4.74 Å². The molecule has 106 valence electrons. The summed E-state index contributed by atoms with van der Waals surface area (Å²) in [5, 5.41) is 19.9. The molecular weight excluding hydrogens is 350 g/mol. The molecule has 2 rings (SSSR count). The SMILES string of the molecule is N#Cc1cccc(Oc2cc(Br)cc(F)c2F)c1[N+](=O)[O-]. The Balaban J connectivity index is 2.55. The van der Waals surface area contributed by atoms with E-state index in [0.717, 1.165) is 12.1 Å². The summed E-state index contributed by atoms with van der Waals surface area (Å²) in [6.07, 6.45) is 0. The topological polar surface area (TPSA) is 76.2 Å². The summed E-state index contributed by atoms with van der Waals surface area (Å²) in [5.74, 6) is -3.33. The van der Waals surface area contributed by atoms with Crippen molar-refractivity contribution < 1.29 is 18.4 Å². The lowest BCUT2D eigenvalue weighted by molar-refractivity contribution is -0.385. The Kier molecular flexibility index (Phi) is 4.14. The quantitative estimate of drug-likeness (QED) is 0.467. The third-order valence-corrected chi connectivity index (χ3v) is 2.94. The fourth-order valence-corrected chi connectivity index (χ4v) is 2.02. The number of nitriles is 1. The van der Waals surface area contributed by atoms with Gasteiger partial charge in [-0.2, -0.15) is 9.65 Å². The number of nitrogens with zero attached hydrogens (tertiary/aromatic N) is 2. The number of ether oxygens (including phenoxy) is 1. The van der Waals surface area contributed by atoms with Crippen LogP contribution in [0.25, 0.3) is 0 Å². The molecule has 0 unspecified atom stereocenters. The number of nitro groups is 1. The first-order chi connectivity index (χ1) is 9.93. The van der Waals surface area contributed by atoms with Crippen LogP contribution in [0.5, 0.6) is 11.5 Å². The first-order valence-electron chi connectivity index (χ1n) is 5.44. The van der Waals surface area contributed by atoms with Crippen molar-refractivity contribution in [1.29, 1.82) is 5.26 Å². The van der Waals surface area contributed by atoms with Crippen LogP contribution in [0, 0.1) is 33.1 Å². The van der Waals surface area contributed by atoms with Crippen molar-refractivity contribution in [3.63, 3.8) is 0 Å². The summed E-state index contributed by atoms with van der Waals surface area (Å²) < 4.78 is 32.2. The van der Waals surface area contributed by atoms with Crippen LogP contribution in [0.3, 0.4) is 0 Å². The highest BCUT2D eigenvalue weighted by atomic mass is 79.9. The van der Waals surface area contributed by atoms with Crippen molar-refractivity contribution in [2.24, 2.45) is 0 Å². The van der Waals surface area contributed by atoms with Crippen LogP contribution in [-0.2, 0) is 0 Å². The second-order valence-corrected chi connectivity index (χ2v) is 4.74. The molecule has 0 fully saturated rings. The van der Waals surface area contributed by atoms with E-state index in [4.69, 9.17) is 10.00 Å². The van der Waals surface area contributed by atoms with Crippen LogP contribution in [0.4, 0.5) is 14.5 Å². The number of hydrogen-bond donors (Lipinski definition) is 0. The fourth-order valence-electron chi connectivity index (χ4n) is 1.61. The van der Waals surface area contributed by atoms with Crippen LogP contribution in [0.15, 0.2) is 34.8 Å². The van der Waals surface area contributed by atoms with E-state index in [-0.39, 0.29) is 15.8 Å². The Morgan fingerprint density at radius 1 is 1.29 bits per heavy atom. The number of nitro benzene ring substituents is 1. The smallest absolute Gasteiger partial charge is 0.329 e. The average Bonchev–Trinajstić information content (AvgIpc) is 2.43. The number of rotatable bonds is 3. The summed E-state index contributed by atoms with van der Waals surface area (Å²) >= 11 is 2.96. The lowest BCUT2D eigenvalue weighted by Crippen LogP contribution is -1.98. The summed E-state index contributed by atoms with van der Waals surface area (Å²) in [7, 11) is 0. The molecule has 21 heavy (non-hydrogen) atoms. The minimum absolute atomic E-state index is 0.204. The lowest BCUT2D eigenvalue weighted by atomic mass is 10.2. The Bertz CT molecular complexity index is 775.